The molecule has 0 unspecified atom stereocenters. The molecular formula is C17H15N3O3S. The van der Waals surface area contributed by atoms with Crippen LogP contribution in [0.4, 0.5) is 0 Å². The van der Waals surface area contributed by atoms with Gasteiger partial charge in [-0.2, -0.15) is 0 Å². The largest absolute Gasteiger partial charge is 0.452 e. The molecule has 0 spiro atoms. The first-order chi connectivity index (χ1) is 11.6. The van der Waals surface area contributed by atoms with Gasteiger partial charge < -0.3 is 10.1 Å². The first kappa shape index (κ1) is 16.1. The van der Waals surface area contributed by atoms with E-state index in [1.807, 2.05) is 24.4 Å². The first-order valence-electron chi connectivity index (χ1n) is 7.34. The Bertz CT molecular complexity index is 864. The zero-order valence-electron chi connectivity index (χ0n) is 12.9. The lowest BCUT2D eigenvalue weighted by Gasteiger charge is -2.12. The number of carbonyl (C=O) groups excluding carboxylic acids is 2. The molecule has 0 saturated carbocycles. The van der Waals surface area contributed by atoms with E-state index in [1.165, 1.54) is 0 Å². The van der Waals surface area contributed by atoms with Crippen LogP contribution in [-0.4, -0.2) is 28.5 Å². The Morgan fingerprint density at radius 3 is 2.75 bits per heavy atom. The fourth-order valence-electron chi connectivity index (χ4n) is 2.20. The number of hydrogen-bond acceptors (Lipinski definition) is 6. The molecule has 1 amide bonds. The third-order valence-electron chi connectivity index (χ3n) is 3.39. The maximum atomic E-state index is 12.1. The predicted octanol–water partition coefficient (Wildman–Crippen LogP) is 2.73. The maximum absolute atomic E-state index is 12.1. The molecule has 7 heteroatoms. The quantitative estimate of drug-likeness (QED) is 0.722. The summed E-state index contributed by atoms with van der Waals surface area (Å²) in [5.74, 6) is -0.911. The summed E-state index contributed by atoms with van der Waals surface area (Å²) < 4.78 is 5.06. The van der Waals surface area contributed by atoms with Gasteiger partial charge >= 0.3 is 5.97 Å². The van der Waals surface area contributed by atoms with Crippen molar-refractivity contribution in [2.24, 2.45) is 0 Å². The molecule has 3 rings (SSSR count). The highest BCUT2D eigenvalue weighted by Crippen LogP contribution is 2.18. The van der Waals surface area contributed by atoms with Crippen LogP contribution >= 0.6 is 11.3 Å². The molecule has 3 aromatic rings. The third kappa shape index (κ3) is 3.75. The zero-order valence-corrected chi connectivity index (χ0v) is 13.7. The second-order valence-electron chi connectivity index (χ2n) is 5.14. The summed E-state index contributed by atoms with van der Waals surface area (Å²) in [6, 6.07) is 8.63. The molecule has 24 heavy (non-hydrogen) atoms. The van der Waals surface area contributed by atoms with Crippen molar-refractivity contribution in [1.82, 2.24) is 15.3 Å². The van der Waals surface area contributed by atoms with E-state index in [4.69, 9.17) is 4.74 Å². The Hall–Kier alpha value is -2.80. The summed E-state index contributed by atoms with van der Waals surface area (Å²) in [5.41, 5.74) is 1.63. The number of nitrogens with zero attached hydrogens (tertiary/aromatic N) is 2. The van der Waals surface area contributed by atoms with Crippen molar-refractivity contribution < 1.29 is 14.3 Å². The number of carbonyl (C=O) groups is 2. The van der Waals surface area contributed by atoms with Crippen molar-refractivity contribution >= 4 is 34.2 Å². The SMILES string of the molecule is C[C@H](NC(=O)COC(=O)c1ccc2nccnc2c1)c1cccs1. The van der Waals surface area contributed by atoms with Crippen LogP contribution in [0.5, 0.6) is 0 Å². The number of hydrogen-bond donors (Lipinski definition) is 1. The molecule has 122 valence electrons. The van der Waals surface area contributed by atoms with E-state index in [0.717, 1.165) is 4.88 Å². The molecule has 0 fully saturated rings. The number of ether oxygens (including phenoxy) is 1. The number of amides is 1. The van der Waals surface area contributed by atoms with E-state index < -0.39 is 5.97 Å². The molecule has 1 aromatic carbocycles. The van der Waals surface area contributed by atoms with Gasteiger partial charge in [-0.25, -0.2) is 4.79 Å². The first-order valence-corrected chi connectivity index (χ1v) is 8.22. The summed E-state index contributed by atoms with van der Waals surface area (Å²) in [6.07, 6.45) is 3.14. The van der Waals surface area contributed by atoms with Crippen LogP contribution < -0.4 is 5.32 Å². The molecule has 1 atom stereocenters. The highest BCUT2D eigenvalue weighted by atomic mass is 32.1. The van der Waals surface area contributed by atoms with E-state index in [1.54, 1.807) is 41.9 Å². The van der Waals surface area contributed by atoms with Gasteiger partial charge in [0.1, 0.15) is 0 Å². The Morgan fingerprint density at radius 2 is 2.00 bits per heavy atom. The number of aromatic nitrogens is 2. The molecule has 0 aliphatic rings. The van der Waals surface area contributed by atoms with Crippen LogP contribution in [0, 0.1) is 0 Å². The van der Waals surface area contributed by atoms with E-state index in [9.17, 15) is 9.59 Å². The number of fused-ring (bicyclic) bond motifs is 1. The normalized spacial score (nSPS) is 11.9. The smallest absolute Gasteiger partial charge is 0.338 e. The molecule has 1 N–H and O–H groups in total. The zero-order chi connectivity index (χ0) is 16.9. The van der Waals surface area contributed by atoms with Crippen molar-refractivity contribution in [1.29, 1.82) is 0 Å². The molecule has 2 heterocycles. The second kappa shape index (κ2) is 7.18. The number of nitrogens with one attached hydrogen (secondary N) is 1. The van der Waals surface area contributed by atoms with Crippen LogP contribution in [0.25, 0.3) is 11.0 Å². The van der Waals surface area contributed by atoms with Gasteiger partial charge in [-0.15, -0.1) is 11.3 Å². The predicted molar refractivity (Wildman–Crippen MR) is 90.7 cm³/mol. The fourth-order valence-corrected chi connectivity index (χ4v) is 2.93. The van der Waals surface area contributed by atoms with Crippen LogP contribution in [-0.2, 0) is 9.53 Å². The highest BCUT2D eigenvalue weighted by molar-refractivity contribution is 7.10. The van der Waals surface area contributed by atoms with Gasteiger partial charge in [0.2, 0.25) is 0 Å². The van der Waals surface area contributed by atoms with Gasteiger partial charge in [-0.05, 0) is 36.6 Å². The van der Waals surface area contributed by atoms with Crippen molar-refractivity contribution in [2.75, 3.05) is 6.61 Å². The van der Waals surface area contributed by atoms with E-state index in [2.05, 4.69) is 15.3 Å². The summed E-state index contributed by atoms with van der Waals surface area (Å²) in [5, 5.41) is 4.74. The van der Waals surface area contributed by atoms with Crippen molar-refractivity contribution in [3.8, 4) is 0 Å². The summed E-state index contributed by atoms with van der Waals surface area (Å²) >= 11 is 1.56. The third-order valence-corrected chi connectivity index (χ3v) is 4.44. The Kier molecular flexibility index (Phi) is 4.81. The molecule has 0 aliphatic carbocycles. The standard InChI is InChI=1S/C17H15N3O3S/c1-11(15-3-2-8-24-15)20-16(21)10-23-17(22)12-4-5-13-14(9-12)19-7-6-18-13/h2-9,11H,10H2,1H3,(H,20,21)/t11-/m0/s1. The summed E-state index contributed by atoms with van der Waals surface area (Å²) in [4.78, 5) is 33.3. The monoisotopic (exact) mass is 341 g/mol. The fraction of sp³-hybridized carbons (Fsp3) is 0.176. The Morgan fingerprint density at radius 1 is 1.21 bits per heavy atom. The summed E-state index contributed by atoms with van der Waals surface area (Å²) in [6.45, 7) is 1.56. The molecule has 2 aromatic heterocycles. The Labute approximate surface area is 142 Å². The van der Waals surface area contributed by atoms with E-state index >= 15 is 0 Å². The van der Waals surface area contributed by atoms with Crippen molar-refractivity contribution in [2.45, 2.75) is 13.0 Å². The minimum Gasteiger partial charge on any atom is -0.452 e. The van der Waals surface area contributed by atoms with Gasteiger partial charge in [-0.1, -0.05) is 6.07 Å². The summed E-state index contributed by atoms with van der Waals surface area (Å²) in [7, 11) is 0. The van der Waals surface area contributed by atoms with Gasteiger partial charge in [0.25, 0.3) is 5.91 Å². The average Bonchev–Trinajstić information content (AvgIpc) is 3.14. The number of esters is 1. The van der Waals surface area contributed by atoms with Crippen molar-refractivity contribution in [3.63, 3.8) is 0 Å². The number of thiophene rings is 1. The molecule has 0 saturated heterocycles. The van der Waals surface area contributed by atoms with Gasteiger partial charge in [0, 0.05) is 17.3 Å². The molecular weight excluding hydrogens is 326 g/mol. The minimum absolute atomic E-state index is 0.118. The van der Waals surface area contributed by atoms with Crippen LogP contribution in [0.3, 0.4) is 0 Å². The van der Waals surface area contributed by atoms with Gasteiger partial charge in [0.15, 0.2) is 6.61 Å². The minimum atomic E-state index is -0.568. The highest BCUT2D eigenvalue weighted by Gasteiger charge is 2.14. The average molecular weight is 341 g/mol. The molecule has 6 nitrogen and oxygen atoms in total. The molecule has 0 bridgehead atoms. The molecule has 0 aliphatic heterocycles. The van der Waals surface area contributed by atoms with Gasteiger partial charge in [-0.3, -0.25) is 14.8 Å². The number of benzene rings is 1. The van der Waals surface area contributed by atoms with Gasteiger partial charge in [0.05, 0.1) is 22.6 Å². The second-order valence-corrected chi connectivity index (χ2v) is 6.12. The topological polar surface area (TPSA) is 81.2 Å². The maximum Gasteiger partial charge on any atom is 0.338 e. The molecule has 0 radical (unpaired) electrons. The van der Waals surface area contributed by atoms with Crippen molar-refractivity contribution in [3.05, 3.63) is 58.5 Å². The lowest BCUT2D eigenvalue weighted by Crippen LogP contribution is -2.30. The van der Waals surface area contributed by atoms with Crippen LogP contribution in [0.1, 0.15) is 28.2 Å². The van der Waals surface area contributed by atoms with Crippen LogP contribution in [0.15, 0.2) is 48.1 Å². The Balaban J connectivity index is 1.57. The lowest BCUT2D eigenvalue weighted by atomic mass is 10.2. The van der Waals surface area contributed by atoms with E-state index in [0.29, 0.717) is 16.6 Å². The lowest BCUT2D eigenvalue weighted by molar-refractivity contribution is -0.124. The van der Waals surface area contributed by atoms with Crippen LogP contribution in [0.2, 0.25) is 0 Å². The van der Waals surface area contributed by atoms with E-state index in [-0.39, 0.29) is 18.6 Å². The number of rotatable bonds is 5.